The van der Waals surface area contributed by atoms with Gasteiger partial charge in [-0.3, -0.25) is 4.99 Å². The summed E-state index contributed by atoms with van der Waals surface area (Å²) in [5, 5.41) is 7.07. The maximum atomic E-state index is 5.69. The maximum absolute atomic E-state index is 5.69. The first kappa shape index (κ1) is 23.8. The molecule has 3 heterocycles. The van der Waals surface area contributed by atoms with E-state index in [1.165, 1.54) is 24.2 Å². The van der Waals surface area contributed by atoms with Crippen LogP contribution in [-0.2, 0) is 10.2 Å². The molecule has 1 atom stereocenters. The van der Waals surface area contributed by atoms with Crippen molar-refractivity contribution in [1.29, 1.82) is 0 Å². The fourth-order valence-electron chi connectivity index (χ4n) is 4.36. The maximum Gasteiger partial charge on any atom is 0.231 e. The van der Waals surface area contributed by atoms with Crippen molar-refractivity contribution in [1.82, 2.24) is 10.6 Å². The van der Waals surface area contributed by atoms with Gasteiger partial charge in [-0.1, -0.05) is 6.07 Å². The van der Waals surface area contributed by atoms with E-state index in [0.29, 0.717) is 6.79 Å². The third kappa shape index (κ3) is 5.48. The average molecular weight is 548 g/mol. The van der Waals surface area contributed by atoms with Crippen LogP contribution in [0.5, 0.6) is 11.5 Å². The zero-order chi connectivity index (χ0) is 20.2. The molecule has 3 aliphatic rings. The Kier molecular flexibility index (Phi) is 8.43. The van der Waals surface area contributed by atoms with Crippen LogP contribution in [0.2, 0.25) is 0 Å². The third-order valence-electron chi connectivity index (χ3n) is 6.25. The molecule has 0 saturated carbocycles. The molecule has 30 heavy (non-hydrogen) atoms. The Morgan fingerprint density at radius 1 is 1.13 bits per heavy atom. The lowest BCUT2D eigenvalue weighted by Gasteiger charge is -2.38. The van der Waals surface area contributed by atoms with Crippen molar-refractivity contribution in [3.63, 3.8) is 0 Å². The predicted octanol–water partition coefficient (Wildman–Crippen LogP) is 3.92. The number of ether oxygens (including phenoxy) is 3. The lowest BCUT2D eigenvalue weighted by Crippen LogP contribution is -2.48. The van der Waals surface area contributed by atoms with E-state index in [9.17, 15) is 0 Å². The third-order valence-corrected chi connectivity index (χ3v) is 7.77. The Hall–Kier alpha value is -0.870. The lowest BCUT2D eigenvalue weighted by molar-refractivity contribution is 0.0513. The van der Waals surface area contributed by atoms with Gasteiger partial charge in [0, 0.05) is 36.5 Å². The molecule has 0 amide bonds. The zero-order valence-corrected chi connectivity index (χ0v) is 21.1. The van der Waals surface area contributed by atoms with Crippen molar-refractivity contribution >= 4 is 41.7 Å². The highest BCUT2D eigenvalue weighted by Crippen LogP contribution is 2.41. The van der Waals surface area contributed by atoms with Crippen molar-refractivity contribution in [3.05, 3.63) is 23.8 Å². The second-order valence-corrected chi connectivity index (χ2v) is 10.1. The van der Waals surface area contributed by atoms with E-state index >= 15 is 0 Å². The molecule has 1 unspecified atom stereocenters. The summed E-state index contributed by atoms with van der Waals surface area (Å²) in [7, 11) is 0. The van der Waals surface area contributed by atoms with Gasteiger partial charge in [0.25, 0.3) is 0 Å². The summed E-state index contributed by atoms with van der Waals surface area (Å²) >= 11 is 2.05. The molecule has 2 N–H and O–H groups in total. The predicted molar refractivity (Wildman–Crippen MR) is 134 cm³/mol. The minimum atomic E-state index is 0. The largest absolute Gasteiger partial charge is 0.454 e. The van der Waals surface area contributed by atoms with Crippen molar-refractivity contribution in [2.45, 2.75) is 49.7 Å². The SMILES string of the molecule is CCNC(=NCC1(C)CCCS1)NCC1(c2ccc3c(c2)OCO3)CCOCC1.I. The van der Waals surface area contributed by atoms with Gasteiger partial charge in [0.05, 0.1) is 6.54 Å². The van der Waals surface area contributed by atoms with Gasteiger partial charge >= 0.3 is 0 Å². The van der Waals surface area contributed by atoms with Crippen molar-refractivity contribution in [3.8, 4) is 11.5 Å². The Morgan fingerprint density at radius 3 is 2.67 bits per heavy atom. The molecule has 2 saturated heterocycles. The molecule has 0 radical (unpaired) electrons. The number of fused-ring (bicyclic) bond motifs is 1. The Morgan fingerprint density at radius 2 is 1.93 bits per heavy atom. The number of nitrogens with zero attached hydrogens (tertiary/aromatic N) is 1. The fraction of sp³-hybridized carbons (Fsp3) is 0.682. The van der Waals surface area contributed by atoms with Gasteiger partial charge in [-0.05, 0) is 63.0 Å². The van der Waals surface area contributed by atoms with Gasteiger partial charge < -0.3 is 24.8 Å². The summed E-state index contributed by atoms with van der Waals surface area (Å²) in [6, 6.07) is 6.36. The highest BCUT2D eigenvalue weighted by atomic mass is 127. The number of hydrogen-bond donors (Lipinski definition) is 2. The van der Waals surface area contributed by atoms with E-state index < -0.39 is 0 Å². The van der Waals surface area contributed by atoms with E-state index in [2.05, 4.69) is 48.4 Å². The average Bonchev–Trinajstić information content (AvgIpc) is 3.39. The van der Waals surface area contributed by atoms with Crippen LogP contribution < -0.4 is 20.1 Å². The van der Waals surface area contributed by atoms with Crippen LogP contribution in [0.4, 0.5) is 0 Å². The Bertz CT molecular complexity index is 734. The van der Waals surface area contributed by atoms with Crippen LogP contribution in [0.25, 0.3) is 0 Å². The minimum absolute atomic E-state index is 0. The monoisotopic (exact) mass is 547 g/mol. The van der Waals surface area contributed by atoms with Crippen molar-refractivity contribution in [2.75, 3.05) is 45.4 Å². The summed E-state index contributed by atoms with van der Waals surface area (Å²) in [4.78, 5) is 4.93. The van der Waals surface area contributed by atoms with Crippen molar-refractivity contribution in [2.24, 2.45) is 4.99 Å². The molecule has 168 valence electrons. The number of rotatable bonds is 6. The molecule has 0 aromatic heterocycles. The van der Waals surface area contributed by atoms with Gasteiger partial charge in [0.1, 0.15) is 0 Å². The molecular weight excluding hydrogens is 513 g/mol. The lowest BCUT2D eigenvalue weighted by atomic mass is 9.74. The molecule has 0 bridgehead atoms. The number of aliphatic imine (C=N–C) groups is 1. The molecule has 0 aliphatic carbocycles. The van der Waals surface area contributed by atoms with Crippen LogP contribution in [0.1, 0.15) is 45.1 Å². The number of benzene rings is 1. The molecule has 1 aromatic carbocycles. The Labute approximate surface area is 201 Å². The number of halogens is 1. The number of guanidine groups is 1. The van der Waals surface area contributed by atoms with E-state index in [4.69, 9.17) is 19.2 Å². The molecule has 3 aliphatic heterocycles. The summed E-state index contributed by atoms with van der Waals surface area (Å²) in [5.41, 5.74) is 1.29. The van der Waals surface area contributed by atoms with Crippen LogP contribution in [0.3, 0.4) is 0 Å². The van der Waals surface area contributed by atoms with Gasteiger partial charge in [-0.2, -0.15) is 11.8 Å². The number of nitrogens with one attached hydrogen (secondary N) is 2. The Balaban J connectivity index is 0.00000256. The summed E-state index contributed by atoms with van der Waals surface area (Å²) in [6.07, 6.45) is 4.51. The molecule has 8 heteroatoms. The molecule has 6 nitrogen and oxygen atoms in total. The van der Waals surface area contributed by atoms with Gasteiger partial charge in [-0.25, -0.2) is 0 Å². The molecule has 2 fully saturated rings. The smallest absolute Gasteiger partial charge is 0.231 e. The minimum Gasteiger partial charge on any atom is -0.454 e. The highest BCUT2D eigenvalue weighted by Gasteiger charge is 2.36. The normalized spacial score (nSPS) is 24.9. The highest BCUT2D eigenvalue weighted by molar-refractivity contribution is 14.0. The van der Waals surface area contributed by atoms with E-state index in [1.807, 2.05) is 6.07 Å². The summed E-state index contributed by atoms with van der Waals surface area (Å²) in [5.74, 6) is 3.84. The van der Waals surface area contributed by atoms with Crippen LogP contribution in [0.15, 0.2) is 23.2 Å². The standard InChI is InChI=1S/C22H33N3O3S.HI/c1-3-23-20(24-14-21(2)7-4-12-29-21)25-15-22(8-10-26-11-9-22)17-5-6-18-19(13-17)28-16-27-18;/h5-6,13H,3-4,7-12,14-16H2,1-2H3,(H2,23,24,25);1H. The first-order valence-corrected chi connectivity index (χ1v) is 11.8. The van der Waals surface area contributed by atoms with Crippen molar-refractivity contribution < 1.29 is 14.2 Å². The first-order valence-electron chi connectivity index (χ1n) is 10.8. The summed E-state index contributed by atoms with van der Waals surface area (Å²) < 4.78 is 17.1. The van der Waals surface area contributed by atoms with E-state index in [0.717, 1.165) is 63.1 Å². The molecule has 4 rings (SSSR count). The van der Waals surface area contributed by atoms with Crippen LogP contribution in [0, 0.1) is 0 Å². The number of thioether (sulfide) groups is 1. The molecule has 0 spiro atoms. The first-order chi connectivity index (χ1) is 14.1. The second kappa shape index (κ2) is 10.6. The second-order valence-electron chi connectivity index (χ2n) is 8.41. The van der Waals surface area contributed by atoms with Gasteiger partial charge in [-0.15, -0.1) is 24.0 Å². The molecular formula is C22H34IN3O3S. The molecule has 1 aromatic rings. The number of hydrogen-bond acceptors (Lipinski definition) is 5. The van der Waals surface area contributed by atoms with E-state index in [-0.39, 0.29) is 34.1 Å². The topological polar surface area (TPSA) is 64.1 Å². The van der Waals surface area contributed by atoms with Gasteiger partial charge in [0.2, 0.25) is 6.79 Å². The summed E-state index contributed by atoms with van der Waals surface area (Å²) in [6.45, 7) is 8.85. The van der Waals surface area contributed by atoms with Crippen LogP contribution in [-0.4, -0.2) is 56.1 Å². The zero-order valence-electron chi connectivity index (χ0n) is 18.0. The van der Waals surface area contributed by atoms with Gasteiger partial charge in [0.15, 0.2) is 17.5 Å². The van der Waals surface area contributed by atoms with Crippen LogP contribution >= 0.6 is 35.7 Å². The fourth-order valence-corrected chi connectivity index (χ4v) is 5.58. The van der Waals surface area contributed by atoms with E-state index in [1.54, 1.807) is 0 Å². The quantitative estimate of drug-likeness (QED) is 0.320.